The van der Waals surface area contributed by atoms with E-state index in [2.05, 4.69) is 0 Å². The van der Waals surface area contributed by atoms with Gasteiger partial charge in [-0.1, -0.05) is 55.5 Å². The van der Waals surface area contributed by atoms with E-state index in [0.29, 0.717) is 11.1 Å². The van der Waals surface area contributed by atoms with Crippen molar-refractivity contribution in [2.45, 2.75) is 38.6 Å². The second-order valence-corrected chi connectivity index (χ2v) is 7.71. The number of aliphatic hydroxyl groups excluding tert-OH is 2. The average Bonchev–Trinajstić information content (AvgIpc) is 2.76. The fourth-order valence-corrected chi connectivity index (χ4v) is 3.29. The number of rotatable bonds is 1. The number of aliphatic hydroxyl groups is 2. The van der Waals surface area contributed by atoms with Gasteiger partial charge in [0.15, 0.2) is 5.78 Å². The smallest absolute Gasteiger partial charge is 0.342 e. The SMILES string of the molecule is C[C@@H]1/C=C\C(=O)C(O)[C@@H](O)C/C=C/c2cc(-c3ccccc3)cc(O)c2C(=O)O[C@H]1C. The van der Waals surface area contributed by atoms with E-state index in [0.717, 1.165) is 5.56 Å². The second kappa shape index (κ2) is 9.73. The number of aromatic hydroxyl groups is 1. The molecule has 0 saturated heterocycles. The standard InChI is InChI=1S/C25H26O6/c1-15-11-12-21(27)24(29)20(26)10-6-9-18-13-19(17-7-4-3-5-8-17)14-22(28)23(18)25(30)31-16(15)2/h3-9,11-16,20,24,26,28-29H,10H2,1-2H3/b9-6+,12-11-/t15-,16+,20+,24?/m1/s1. The second-order valence-electron chi connectivity index (χ2n) is 7.71. The molecule has 0 radical (unpaired) electrons. The van der Waals surface area contributed by atoms with Crippen LogP contribution in [0.15, 0.2) is 60.7 Å². The van der Waals surface area contributed by atoms with Crippen LogP contribution >= 0.6 is 0 Å². The molecule has 1 aliphatic heterocycles. The van der Waals surface area contributed by atoms with Gasteiger partial charge in [-0.05, 0) is 48.2 Å². The molecular formula is C25H26O6. The molecule has 2 aromatic carbocycles. The number of cyclic esters (lactones) is 1. The number of carbonyl (C=O) groups excluding carboxylic acids is 2. The van der Waals surface area contributed by atoms with Crippen molar-refractivity contribution >= 4 is 17.8 Å². The Kier molecular flexibility index (Phi) is 7.05. The highest BCUT2D eigenvalue weighted by Gasteiger charge is 2.25. The Bertz CT molecular complexity index is 1010. The summed E-state index contributed by atoms with van der Waals surface area (Å²) < 4.78 is 5.54. The van der Waals surface area contributed by atoms with E-state index in [4.69, 9.17) is 4.74 Å². The molecule has 3 rings (SSSR count). The summed E-state index contributed by atoms with van der Waals surface area (Å²) in [5.74, 6) is -1.85. The number of phenols is 1. The maximum atomic E-state index is 12.9. The van der Waals surface area contributed by atoms with E-state index in [1.807, 2.05) is 30.3 Å². The van der Waals surface area contributed by atoms with E-state index in [1.165, 1.54) is 18.2 Å². The quantitative estimate of drug-likeness (QED) is 0.608. The van der Waals surface area contributed by atoms with Crippen LogP contribution in [0.5, 0.6) is 5.75 Å². The number of phenolic OH excluding ortho intramolecular Hbond substituents is 1. The number of ketones is 1. The van der Waals surface area contributed by atoms with Crippen LogP contribution in [0.25, 0.3) is 17.2 Å². The zero-order chi connectivity index (χ0) is 22.5. The molecule has 0 amide bonds. The molecule has 3 N–H and O–H groups in total. The van der Waals surface area contributed by atoms with Crippen LogP contribution in [-0.4, -0.2) is 45.4 Å². The molecule has 0 bridgehead atoms. The van der Waals surface area contributed by atoms with Gasteiger partial charge in [0.25, 0.3) is 0 Å². The van der Waals surface area contributed by atoms with Crippen molar-refractivity contribution in [3.05, 3.63) is 71.8 Å². The zero-order valence-corrected chi connectivity index (χ0v) is 17.4. The molecule has 1 heterocycles. The summed E-state index contributed by atoms with van der Waals surface area (Å²) in [5.41, 5.74) is 1.98. The first-order valence-electron chi connectivity index (χ1n) is 10.2. The van der Waals surface area contributed by atoms with Crippen LogP contribution in [-0.2, 0) is 9.53 Å². The van der Waals surface area contributed by atoms with Crippen LogP contribution < -0.4 is 0 Å². The summed E-state index contributed by atoms with van der Waals surface area (Å²) in [7, 11) is 0. The fourth-order valence-electron chi connectivity index (χ4n) is 3.29. The van der Waals surface area contributed by atoms with Gasteiger partial charge in [-0.2, -0.15) is 0 Å². The fraction of sp³-hybridized carbons (Fsp3) is 0.280. The number of benzene rings is 2. The van der Waals surface area contributed by atoms with Crippen LogP contribution in [0.2, 0.25) is 0 Å². The number of ether oxygens (including phenoxy) is 1. The molecule has 1 unspecified atom stereocenters. The number of fused-ring (bicyclic) bond motifs is 1. The lowest BCUT2D eigenvalue weighted by molar-refractivity contribution is -0.127. The monoisotopic (exact) mass is 422 g/mol. The van der Waals surface area contributed by atoms with Crippen molar-refractivity contribution in [2.75, 3.05) is 0 Å². The highest BCUT2D eigenvalue weighted by atomic mass is 16.5. The minimum Gasteiger partial charge on any atom is -0.507 e. The average molecular weight is 422 g/mol. The number of hydrogen-bond acceptors (Lipinski definition) is 6. The van der Waals surface area contributed by atoms with Gasteiger partial charge in [-0.15, -0.1) is 0 Å². The highest BCUT2D eigenvalue weighted by Crippen LogP contribution is 2.32. The maximum absolute atomic E-state index is 12.9. The molecule has 4 atom stereocenters. The van der Waals surface area contributed by atoms with Gasteiger partial charge in [0.1, 0.15) is 23.5 Å². The Morgan fingerprint density at radius 1 is 0.968 bits per heavy atom. The normalized spacial score (nSPS) is 27.0. The molecule has 6 nitrogen and oxygen atoms in total. The molecule has 31 heavy (non-hydrogen) atoms. The van der Waals surface area contributed by atoms with Gasteiger partial charge in [-0.3, -0.25) is 4.79 Å². The Balaban J connectivity index is 2.08. The number of carbonyl (C=O) groups is 2. The van der Waals surface area contributed by atoms with Crippen molar-refractivity contribution in [1.82, 2.24) is 0 Å². The van der Waals surface area contributed by atoms with Crippen LogP contribution in [0.1, 0.15) is 36.2 Å². The van der Waals surface area contributed by atoms with Crippen molar-refractivity contribution in [3.8, 4) is 16.9 Å². The third kappa shape index (κ3) is 5.29. The van der Waals surface area contributed by atoms with Gasteiger partial charge in [0.05, 0.1) is 6.10 Å². The van der Waals surface area contributed by atoms with E-state index >= 15 is 0 Å². The third-order valence-corrected chi connectivity index (χ3v) is 5.39. The van der Waals surface area contributed by atoms with E-state index in [-0.39, 0.29) is 23.7 Å². The molecule has 0 aliphatic carbocycles. The van der Waals surface area contributed by atoms with E-state index in [9.17, 15) is 24.9 Å². The topological polar surface area (TPSA) is 104 Å². The Morgan fingerprint density at radius 3 is 2.39 bits per heavy atom. The lowest BCUT2D eigenvalue weighted by Crippen LogP contribution is -2.32. The van der Waals surface area contributed by atoms with E-state index < -0.39 is 30.1 Å². The molecule has 162 valence electrons. The first-order chi connectivity index (χ1) is 14.8. The first-order valence-corrected chi connectivity index (χ1v) is 10.2. The van der Waals surface area contributed by atoms with Crippen LogP contribution in [0, 0.1) is 5.92 Å². The first kappa shape index (κ1) is 22.5. The minimum atomic E-state index is -1.56. The molecular weight excluding hydrogens is 396 g/mol. The number of hydrogen-bond donors (Lipinski definition) is 3. The Hall–Kier alpha value is -3.22. The Morgan fingerprint density at radius 2 is 1.68 bits per heavy atom. The van der Waals surface area contributed by atoms with Crippen molar-refractivity contribution in [3.63, 3.8) is 0 Å². The molecule has 0 spiro atoms. The predicted molar refractivity (Wildman–Crippen MR) is 117 cm³/mol. The van der Waals surface area contributed by atoms with Crippen LogP contribution in [0.4, 0.5) is 0 Å². The maximum Gasteiger partial charge on any atom is 0.342 e. The minimum absolute atomic E-state index is 0.0159. The van der Waals surface area contributed by atoms with Crippen molar-refractivity contribution in [2.24, 2.45) is 5.92 Å². The molecule has 2 aromatic rings. The van der Waals surface area contributed by atoms with Gasteiger partial charge in [-0.25, -0.2) is 4.79 Å². The zero-order valence-electron chi connectivity index (χ0n) is 17.4. The van der Waals surface area contributed by atoms with Crippen molar-refractivity contribution < 1.29 is 29.6 Å². The summed E-state index contributed by atoms with van der Waals surface area (Å²) >= 11 is 0. The van der Waals surface area contributed by atoms with Gasteiger partial charge in [0, 0.05) is 5.92 Å². The summed E-state index contributed by atoms with van der Waals surface area (Å²) in [5, 5.41) is 30.9. The highest BCUT2D eigenvalue weighted by molar-refractivity contribution is 5.98. The molecule has 6 heteroatoms. The summed E-state index contributed by atoms with van der Waals surface area (Å²) in [6, 6.07) is 12.6. The summed E-state index contributed by atoms with van der Waals surface area (Å²) in [6.07, 6.45) is 2.36. The predicted octanol–water partition coefficient (Wildman–Crippen LogP) is 3.50. The van der Waals surface area contributed by atoms with Crippen LogP contribution in [0.3, 0.4) is 0 Å². The largest absolute Gasteiger partial charge is 0.507 e. The van der Waals surface area contributed by atoms with Gasteiger partial charge < -0.3 is 20.1 Å². The molecule has 1 aliphatic rings. The van der Waals surface area contributed by atoms with E-state index in [1.54, 1.807) is 32.1 Å². The molecule has 0 saturated carbocycles. The Labute approximate surface area is 181 Å². The van der Waals surface area contributed by atoms with Gasteiger partial charge in [0.2, 0.25) is 0 Å². The summed E-state index contributed by atoms with van der Waals surface area (Å²) in [4.78, 5) is 25.0. The lowest BCUT2D eigenvalue weighted by Gasteiger charge is -2.20. The van der Waals surface area contributed by atoms with Gasteiger partial charge >= 0.3 is 5.97 Å². The third-order valence-electron chi connectivity index (χ3n) is 5.39. The molecule has 0 aromatic heterocycles. The lowest BCUT2D eigenvalue weighted by atomic mass is 9.96. The molecule has 0 fully saturated rings. The summed E-state index contributed by atoms with van der Waals surface area (Å²) in [6.45, 7) is 3.44. The number of esters is 1. The van der Waals surface area contributed by atoms with Crippen molar-refractivity contribution in [1.29, 1.82) is 0 Å².